The van der Waals surface area contributed by atoms with Crippen molar-refractivity contribution in [1.82, 2.24) is 15.0 Å². The SMILES string of the molecule is CCCNc1nc(Cl)nc(NCCC2CCCC(C)C2)n1. The fourth-order valence-electron chi connectivity index (χ4n) is 2.96. The standard InChI is InChI=1S/C15H26ClN5/c1-3-8-17-14-19-13(16)20-15(21-14)18-9-7-12-6-4-5-11(2)10-12/h11-12H,3-10H2,1-2H3,(H2,17,18,19,20,21). The highest BCUT2D eigenvalue weighted by molar-refractivity contribution is 6.28. The highest BCUT2D eigenvalue weighted by Gasteiger charge is 2.18. The third-order valence-electron chi connectivity index (χ3n) is 4.02. The molecule has 1 aliphatic rings. The molecule has 0 amide bonds. The van der Waals surface area contributed by atoms with Gasteiger partial charge in [0.25, 0.3) is 0 Å². The fraction of sp³-hybridized carbons (Fsp3) is 0.800. The van der Waals surface area contributed by atoms with Crippen LogP contribution < -0.4 is 10.6 Å². The van der Waals surface area contributed by atoms with Gasteiger partial charge in [-0.1, -0.05) is 33.1 Å². The van der Waals surface area contributed by atoms with E-state index in [-0.39, 0.29) is 5.28 Å². The van der Waals surface area contributed by atoms with Crippen LogP contribution in [0.4, 0.5) is 11.9 Å². The van der Waals surface area contributed by atoms with Crippen molar-refractivity contribution in [1.29, 1.82) is 0 Å². The third kappa shape index (κ3) is 5.65. The van der Waals surface area contributed by atoms with E-state index in [4.69, 9.17) is 11.6 Å². The van der Waals surface area contributed by atoms with Crippen molar-refractivity contribution in [3.05, 3.63) is 5.28 Å². The Morgan fingerprint density at radius 2 is 1.81 bits per heavy atom. The molecule has 0 aliphatic heterocycles. The Bertz CT molecular complexity index is 440. The molecule has 6 heteroatoms. The van der Waals surface area contributed by atoms with Crippen LogP contribution in [0.2, 0.25) is 5.28 Å². The summed E-state index contributed by atoms with van der Waals surface area (Å²) in [6.07, 6.45) is 7.65. The second-order valence-electron chi connectivity index (χ2n) is 6.03. The predicted octanol–water partition coefficient (Wildman–Crippen LogP) is 3.98. The average Bonchev–Trinajstić information content (AvgIpc) is 2.45. The van der Waals surface area contributed by atoms with Crippen molar-refractivity contribution in [2.24, 2.45) is 11.8 Å². The summed E-state index contributed by atoms with van der Waals surface area (Å²) in [7, 11) is 0. The molecule has 1 aromatic heterocycles. The van der Waals surface area contributed by atoms with Crippen LogP contribution in [0.3, 0.4) is 0 Å². The molecule has 0 spiro atoms. The van der Waals surface area contributed by atoms with Crippen LogP contribution in [0.25, 0.3) is 0 Å². The first kappa shape index (κ1) is 16.3. The predicted molar refractivity (Wildman–Crippen MR) is 87.8 cm³/mol. The minimum absolute atomic E-state index is 0.234. The van der Waals surface area contributed by atoms with Gasteiger partial charge in [-0.2, -0.15) is 15.0 Å². The highest BCUT2D eigenvalue weighted by atomic mass is 35.5. The fourth-order valence-corrected chi connectivity index (χ4v) is 3.12. The van der Waals surface area contributed by atoms with Crippen molar-refractivity contribution in [3.8, 4) is 0 Å². The largest absolute Gasteiger partial charge is 0.354 e. The van der Waals surface area contributed by atoms with Crippen LogP contribution >= 0.6 is 11.6 Å². The van der Waals surface area contributed by atoms with E-state index in [1.54, 1.807) is 0 Å². The molecule has 1 aliphatic carbocycles. The van der Waals surface area contributed by atoms with Crippen LogP contribution in [-0.4, -0.2) is 28.0 Å². The van der Waals surface area contributed by atoms with Crippen molar-refractivity contribution in [3.63, 3.8) is 0 Å². The lowest BCUT2D eigenvalue weighted by atomic mass is 9.81. The Hall–Kier alpha value is -1.10. The number of rotatable bonds is 7. The highest BCUT2D eigenvalue weighted by Crippen LogP contribution is 2.30. The van der Waals surface area contributed by atoms with Gasteiger partial charge < -0.3 is 10.6 Å². The summed E-state index contributed by atoms with van der Waals surface area (Å²) in [6, 6.07) is 0. The zero-order valence-corrected chi connectivity index (χ0v) is 13.8. The summed E-state index contributed by atoms with van der Waals surface area (Å²) >= 11 is 5.93. The minimum Gasteiger partial charge on any atom is -0.354 e. The molecule has 0 aromatic carbocycles. The molecule has 1 saturated carbocycles. The first-order chi connectivity index (χ1) is 10.2. The summed E-state index contributed by atoms with van der Waals surface area (Å²) in [5, 5.41) is 6.65. The summed E-state index contributed by atoms with van der Waals surface area (Å²) < 4.78 is 0. The van der Waals surface area contributed by atoms with E-state index in [2.05, 4.69) is 39.4 Å². The topological polar surface area (TPSA) is 62.7 Å². The van der Waals surface area contributed by atoms with Crippen LogP contribution in [-0.2, 0) is 0 Å². The number of anilines is 2. The quantitative estimate of drug-likeness (QED) is 0.797. The number of nitrogens with one attached hydrogen (secondary N) is 2. The van der Waals surface area contributed by atoms with E-state index in [1.807, 2.05) is 0 Å². The molecular weight excluding hydrogens is 286 g/mol. The maximum absolute atomic E-state index is 5.93. The minimum atomic E-state index is 0.234. The van der Waals surface area contributed by atoms with Crippen molar-refractivity contribution >= 4 is 23.5 Å². The van der Waals surface area contributed by atoms with Gasteiger partial charge in [0.1, 0.15) is 0 Å². The molecule has 2 N–H and O–H groups in total. The van der Waals surface area contributed by atoms with Crippen LogP contribution in [0.15, 0.2) is 0 Å². The molecule has 21 heavy (non-hydrogen) atoms. The zero-order chi connectivity index (χ0) is 15.1. The number of aromatic nitrogens is 3. The molecule has 2 unspecified atom stereocenters. The van der Waals surface area contributed by atoms with Crippen molar-refractivity contribution in [2.75, 3.05) is 23.7 Å². The Labute approximate surface area is 132 Å². The normalized spacial score (nSPS) is 22.0. The molecule has 2 rings (SSSR count). The molecule has 1 heterocycles. The van der Waals surface area contributed by atoms with Gasteiger partial charge >= 0.3 is 0 Å². The van der Waals surface area contributed by atoms with E-state index in [0.29, 0.717) is 11.9 Å². The van der Waals surface area contributed by atoms with Crippen LogP contribution in [0.1, 0.15) is 52.4 Å². The van der Waals surface area contributed by atoms with Crippen molar-refractivity contribution < 1.29 is 0 Å². The lowest BCUT2D eigenvalue weighted by Gasteiger charge is -2.26. The number of nitrogens with zero attached hydrogens (tertiary/aromatic N) is 3. The van der Waals surface area contributed by atoms with Gasteiger partial charge in [0.05, 0.1) is 0 Å². The summed E-state index contributed by atoms with van der Waals surface area (Å²) in [5.74, 6) is 2.82. The first-order valence-corrected chi connectivity index (χ1v) is 8.44. The zero-order valence-electron chi connectivity index (χ0n) is 13.0. The van der Waals surface area contributed by atoms with Gasteiger partial charge in [-0.05, 0) is 42.7 Å². The monoisotopic (exact) mass is 311 g/mol. The van der Waals surface area contributed by atoms with Gasteiger partial charge in [-0.25, -0.2) is 0 Å². The molecule has 118 valence electrons. The van der Waals surface area contributed by atoms with Gasteiger partial charge in [0, 0.05) is 13.1 Å². The van der Waals surface area contributed by atoms with E-state index >= 15 is 0 Å². The molecular formula is C15H26ClN5. The third-order valence-corrected chi connectivity index (χ3v) is 4.19. The summed E-state index contributed by atoms with van der Waals surface area (Å²) in [5.41, 5.74) is 0. The smallest absolute Gasteiger partial charge is 0.228 e. The molecule has 0 saturated heterocycles. The first-order valence-electron chi connectivity index (χ1n) is 8.06. The molecule has 2 atom stereocenters. The Morgan fingerprint density at radius 1 is 1.10 bits per heavy atom. The van der Waals surface area contributed by atoms with Crippen LogP contribution in [0.5, 0.6) is 0 Å². The number of hydrogen-bond donors (Lipinski definition) is 2. The summed E-state index contributed by atoms with van der Waals surface area (Å²) in [4.78, 5) is 12.5. The molecule has 0 radical (unpaired) electrons. The lowest BCUT2D eigenvalue weighted by molar-refractivity contribution is 0.274. The van der Waals surface area contributed by atoms with Gasteiger partial charge in [0.2, 0.25) is 17.2 Å². The Kier molecular flexibility index (Phi) is 6.49. The van der Waals surface area contributed by atoms with Gasteiger partial charge in [-0.3, -0.25) is 0 Å². The Morgan fingerprint density at radius 3 is 2.48 bits per heavy atom. The number of hydrogen-bond acceptors (Lipinski definition) is 5. The molecule has 5 nitrogen and oxygen atoms in total. The van der Waals surface area contributed by atoms with Crippen LogP contribution in [0, 0.1) is 11.8 Å². The van der Waals surface area contributed by atoms with Gasteiger partial charge in [0.15, 0.2) is 0 Å². The lowest BCUT2D eigenvalue weighted by Crippen LogP contribution is -2.17. The van der Waals surface area contributed by atoms with E-state index in [9.17, 15) is 0 Å². The summed E-state index contributed by atoms with van der Waals surface area (Å²) in [6.45, 7) is 6.18. The van der Waals surface area contributed by atoms with Gasteiger partial charge in [-0.15, -0.1) is 0 Å². The second kappa shape index (κ2) is 8.37. The number of halogens is 1. The van der Waals surface area contributed by atoms with Crippen molar-refractivity contribution in [2.45, 2.75) is 52.4 Å². The molecule has 1 fully saturated rings. The maximum Gasteiger partial charge on any atom is 0.228 e. The average molecular weight is 312 g/mol. The molecule has 0 bridgehead atoms. The Balaban J connectivity index is 1.80. The second-order valence-corrected chi connectivity index (χ2v) is 6.37. The van der Waals surface area contributed by atoms with E-state index in [1.165, 1.54) is 32.1 Å². The van der Waals surface area contributed by atoms with E-state index in [0.717, 1.165) is 31.3 Å². The molecule has 1 aromatic rings. The maximum atomic E-state index is 5.93. The van der Waals surface area contributed by atoms with E-state index < -0.39 is 0 Å².